The van der Waals surface area contributed by atoms with Gasteiger partial charge in [-0.3, -0.25) is 16.0 Å². The van der Waals surface area contributed by atoms with E-state index in [1.807, 2.05) is 13.2 Å². The molecule has 1 unspecified atom stereocenters. The molecule has 2 rings (SSSR count). The van der Waals surface area contributed by atoms with Crippen LogP contribution in [0.25, 0.3) is 0 Å². The summed E-state index contributed by atoms with van der Waals surface area (Å²) in [6, 6.07) is 4.42. The van der Waals surface area contributed by atoms with Crippen LogP contribution in [0.2, 0.25) is 5.02 Å². The smallest absolute Gasteiger partial charge is 0.124 e. The van der Waals surface area contributed by atoms with Gasteiger partial charge in [-0.05, 0) is 36.1 Å². The molecule has 0 aliphatic carbocycles. The Kier molecular flexibility index (Phi) is 4.52. The Morgan fingerprint density at radius 2 is 2.26 bits per heavy atom. The van der Waals surface area contributed by atoms with Gasteiger partial charge in [0.05, 0.1) is 6.20 Å². The maximum absolute atomic E-state index is 13.0. The van der Waals surface area contributed by atoms with Crippen molar-refractivity contribution in [3.05, 3.63) is 52.6 Å². The molecule has 0 saturated carbocycles. The SMILES string of the molecule is Cn1cc(CC(Cc2ccc(F)cc2Cl)NN)cn1. The second kappa shape index (κ2) is 6.14. The molecule has 102 valence electrons. The Morgan fingerprint density at radius 1 is 1.47 bits per heavy atom. The average molecular weight is 283 g/mol. The summed E-state index contributed by atoms with van der Waals surface area (Å²) in [6.07, 6.45) is 5.11. The fourth-order valence-corrected chi connectivity index (χ4v) is 2.25. The van der Waals surface area contributed by atoms with Crippen LogP contribution in [-0.4, -0.2) is 15.8 Å². The van der Waals surface area contributed by atoms with Crippen LogP contribution in [-0.2, 0) is 19.9 Å². The summed E-state index contributed by atoms with van der Waals surface area (Å²) in [7, 11) is 1.87. The number of hydrogen-bond acceptors (Lipinski definition) is 3. The maximum Gasteiger partial charge on any atom is 0.124 e. The van der Waals surface area contributed by atoms with E-state index in [2.05, 4.69) is 10.5 Å². The van der Waals surface area contributed by atoms with Gasteiger partial charge in [0.1, 0.15) is 5.82 Å². The number of halogens is 2. The van der Waals surface area contributed by atoms with Gasteiger partial charge in [0.2, 0.25) is 0 Å². The Bertz CT molecular complexity index is 555. The van der Waals surface area contributed by atoms with E-state index in [1.54, 1.807) is 16.9 Å². The average Bonchev–Trinajstić information content (AvgIpc) is 2.77. The van der Waals surface area contributed by atoms with Crippen LogP contribution >= 0.6 is 11.6 Å². The Morgan fingerprint density at radius 3 is 2.84 bits per heavy atom. The van der Waals surface area contributed by atoms with Crippen molar-refractivity contribution in [2.75, 3.05) is 0 Å². The summed E-state index contributed by atoms with van der Waals surface area (Å²) in [5, 5.41) is 4.54. The van der Waals surface area contributed by atoms with Crippen molar-refractivity contribution >= 4 is 11.6 Å². The van der Waals surface area contributed by atoms with Crippen LogP contribution in [0.3, 0.4) is 0 Å². The van der Waals surface area contributed by atoms with Gasteiger partial charge >= 0.3 is 0 Å². The molecular weight excluding hydrogens is 267 g/mol. The Balaban J connectivity index is 2.06. The number of hydrogen-bond donors (Lipinski definition) is 2. The lowest BCUT2D eigenvalue weighted by molar-refractivity contribution is 0.521. The van der Waals surface area contributed by atoms with Gasteiger partial charge in [-0.15, -0.1) is 0 Å². The molecule has 19 heavy (non-hydrogen) atoms. The summed E-state index contributed by atoms with van der Waals surface area (Å²) in [5.74, 6) is 5.23. The largest absolute Gasteiger partial charge is 0.276 e. The molecule has 2 aromatic rings. The first-order valence-electron chi connectivity index (χ1n) is 5.96. The number of nitrogens with one attached hydrogen (secondary N) is 1. The highest BCUT2D eigenvalue weighted by atomic mass is 35.5. The van der Waals surface area contributed by atoms with Crippen LogP contribution < -0.4 is 11.3 Å². The maximum atomic E-state index is 13.0. The minimum absolute atomic E-state index is 0.0205. The summed E-state index contributed by atoms with van der Waals surface area (Å²) in [4.78, 5) is 0. The molecule has 1 heterocycles. The van der Waals surface area contributed by atoms with E-state index in [1.165, 1.54) is 12.1 Å². The number of nitrogens with zero attached hydrogens (tertiary/aromatic N) is 2. The van der Waals surface area contributed by atoms with Crippen molar-refractivity contribution < 1.29 is 4.39 Å². The second-order valence-electron chi connectivity index (χ2n) is 4.53. The molecular formula is C13H16ClFN4. The van der Waals surface area contributed by atoms with E-state index in [-0.39, 0.29) is 11.9 Å². The number of benzene rings is 1. The second-order valence-corrected chi connectivity index (χ2v) is 4.94. The third-order valence-electron chi connectivity index (χ3n) is 2.96. The minimum atomic E-state index is -0.335. The molecule has 0 saturated heterocycles. The highest BCUT2D eigenvalue weighted by Gasteiger charge is 2.12. The first-order valence-corrected chi connectivity index (χ1v) is 6.34. The number of hydrazine groups is 1. The Labute approximate surface area is 116 Å². The van der Waals surface area contributed by atoms with Gasteiger partial charge in [-0.2, -0.15) is 5.10 Å². The predicted molar refractivity (Wildman–Crippen MR) is 73.1 cm³/mol. The third-order valence-corrected chi connectivity index (χ3v) is 3.31. The first-order chi connectivity index (χ1) is 9.08. The lowest BCUT2D eigenvalue weighted by atomic mass is 10.0. The van der Waals surface area contributed by atoms with E-state index in [9.17, 15) is 4.39 Å². The van der Waals surface area contributed by atoms with E-state index in [4.69, 9.17) is 17.4 Å². The van der Waals surface area contributed by atoms with E-state index in [0.717, 1.165) is 17.5 Å². The normalized spacial score (nSPS) is 12.6. The number of aryl methyl sites for hydroxylation is 1. The Hall–Kier alpha value is -1.43. The van der Waals surface area contributed by atoms with Gasteiger partial charge in [0.25, 0.3) is 0 Å². The van der Waals surface area contributed by atoms with E-state index < -0.39 is 0 Å². The topological polar surface area (TPSA) is 55.9 Å². The molecule has 3 N–H and O–H groups in total. The zero-order valence-electron chi connectivity index (χ0n) is 10.6. The zero-order valence-corrected chi connectivity index (χ0v) is 11.4. The molecule has 6 heteroatoms. The monoisotopic (exact) mass is 282 g/mol. The summed E-state index contributed by atoms with van der Waals surface area (Å²) >= 11 is 6.01. The standard InChI is InChI=1S/C13H16ClFN4/c1-19-8-9(7-17-19)4-12(18-16)5-10-2-3-11(15)6-13(10)14/h2-3,6-8,12,18H,4-5,16H2,1H3. The number of aromatic nitrogens is 2. The fraction of sp³-hybridized carbons (Fsp3) is 0.308. The van der Waals surface area contributed by atoms with E-state index in [0.29, 0.717) is 11.4 Å². The van der Waals surface area contributed by atoms with Crippen LogP contribution in [0, 0.1) is 5.82 Å². The highest BCUT2D eigenvalue weighted by molar-refractivity contribution is 6.31. The zero-order chi connectivity index (χ0) is 13.8. The molecule has 1 aromatic heterocycles. The van der Waals surface area contributed by atoms with Crippen molar-refractivity contribution in [3.63, 3.8) is 0 Å². The molecule has 0 fully saturated rings. The lowest BCUT2D eigenvalue weighted by Crippen LogP contribution is -2.38. The quantitative estimate of drug-likeness (QED) is 0.650. The molecule has 4 nitrogen and oxygen atoms in total. The van der Waals surface area contributed by atoms with Gasteiger partial charge < -0.3 is 0 Å². The minimum Gasteiger partial charge on any atom is -0.276 e. The van der Waals surface area contributed by atoms with Crippen LogP contribution in [0.4, 0.5) is 4.39 Å². The van der Waals surface area contributed by atoms with Crippen molar-refractivity contribution in [1.29, 1.82) is 0 Å². The number of nitrogens with two attached hydrogens (primary N) is 1. The van der Waals surface area contributed by atoms with Crippen LogP contribution in [0.15, 0.2) is 30.6 Å². The first kappa shape index (κ1) is 14.0. The molecule has 1 atom stereocenters. The molecule has 0 spiro atoms. The fourth-order valence-electron chi connectivity index (χ4n) is 2.00. The molecule has 1 aromatic carbocycles. The van der Waals surface area contributed by atoms with Gasteiger partial charge in [0, 0.05) is 24.3 Å². The summed E-state index contributed by atoms with van der Waals surface area (Å²) in [6.45, 7) is 0. The number of rotatable bonds is 5. The third kappa shape index (κ3) is 3.76. The summed E-state index contributed by atoms with van der Waals surface area (Å²) in [5.41, 5.74) is 4.72. The van der Waals surface area contributed by atoms with Gasteiger partial charge in [-0.25, -0.2) is 4.39 Å². The molecule has 0 bridgehead atoms. The molecule has 0 aliphatic heterocycles. The van der Waals surface area contributed by atoms with Crippen LogP contribution in [0.1, 0.15) is 11.1 Å². The van der Waals surface area contributed by atoms with E-state index >= 15 is 0 Å². The van der Waals surface area contributed by atoms with Crippen molar-refractivity contribution in [3.8, 4) is 0 Å². The van der Waals surface area contributed by atoms with Crippen molar-refractivity contribution in [2.45, 2.75) is 18.9 Å². The van der Waals surface area contributed by atoms with Gasteiger partial charge in [-0.1, -0.05) is 17.7 Å². The lowest BCUT2D eigenvalue weighted by Gasteiger charge is -2.15. The summed E-state index contributed by atoms with van der Waals surface area (Å²) < 4.78 is 14.7. The van der Waals surface area contributed by atoms with Crippen LogP contribution in [0.5, 0.6) is 0 Å². The highest BCUT2D eigenvalue weighted by Crippen LogP contribution is 2.19. The van der Waals surface area contributed by atoms with Gasteiger partial charge in [0.15, 0.2) is 0 Å². The predicted octanol–water partition coefficient (Wildman–Crippen LogP) is 1.83. The van der Waals surface area contributed by atoms with Crippen molar-refractivity contribution in [1.82, 2.24) is 15.2 Å². The molecule has 0 radical (unpaired) electrons. The van der Waals surface area contributed by atoms with Crippen molar-refractivity contribution in [2.24, 2.45) is 12.9 Å². The molecule has 0 aliphatic rings. The molecule has 0 amide bonds.